The average molecular weight is 298 g/mol. The summed E-state index contributed by atoms with van der Waals surface area (Å²) in [5.74, 6) is -0.707. The van der Waals surface area contributed by atoms with Crippen LogP contribution in [0, 0.1) is 0 Å². The molecule has 0 bridgehead atoms. The third-order valence-corrected chi connectivity index (χ3v) is 3.44. The van der Waals surface area contributed by atoms with Gasteiger partial charge in [0.2, 0.25) is 5.91 Å². The summed E-state index contributed by atoms with van der Waals surface area (Å²) in [5.41, 5.74) is 5.60. The number of nitrogens with two attached hydrogens (primary N) is 1. The van der Waals surface area contributed by atoms with Crippen molar-refractivity contribution in [2.45, 2.75) is 18.9 Å². The maximum atomic E-state index is 12.2. The molecule has 5 nitrogen and oxygen atoms in total. The highest BCUT2D eigenvalue weighted by molar-refractivity contribution is 9.10. The molecule has 1 aromatic heterocycles. The van der Waals surface area contributed by atoms with Crippen LogP contribution in [0.2, 0.25) is 0 Å². The summed E-state index contributed by atoms with van der Waals surface area (Å²) in [7, 11) is 0. The quantitative estimate of drug-likeness (QED) is 0.882. The van der Waals surface area contributed by atoms with E-state index in [1.54, 1.807) is 18.3 Å². The lowest BCUT2D eigenvalue weighted by molar-refractivity contribution is -0.121. The summed E-state index contributed by atoms with van der Waals surface area (Å²) in [4.78, 5) is 29.0. The molecule has 1 aromatic rings. The van der Waals surface area contributed by atoms with E-state index >= 15 is 0 Å². The fraction of sp³-hybridized carbons (Fsp3) is 0.364. The zero-order chi connectivity index (χ0) is 12.4. The summed E-state index contributed by atoms with van der Waals surface area (Å²) in [6, 6.07) is 2.97. The molecule has 2 amide bonds. The highest BCUT2D eigenvalue weighted by Crippen LogP contribution is 2.22. The minimum atomic E-state index is -0.503. The van der Waals surface area contributed by atoms with Crippen LogP contribution in [-0.4, -0.2) is 34.3 Å². The second-order valence-electron chi connectivity index (χ2n) is 3.89. The Hall–Kier alpha value is -1.43. The molecule has 1 fully saturated rings. The molecule has 1 atom stereocenters. The SMILES string of the molecule is NC(=O)C1CCCN1C(=O)c1ncccc1Br. The molecule has 1 saturated heterocycles. The van der Waals surface area contributed by atoms with Crippen molar-refractivity contribution < 1.29 is 9.59 Å². The van der Waals surface area contributed by atoms with Gasteiger partial charge in [0.1, 0.15) is 11.7 Å². The first-order valence-corrected chi connectivity index (χ1v) is 6.11. The van der Waals surface area contributed by atoms with Crippen LogP contribution in [0.5, 0.6) is 0 Å². The van der Waals surface area contributed by atoms with Crippen molar-refractivity contribution in [1.82, 2.24) is 9.88 Å². The number of primary amides is 1. The minimum Gasteiger partial charge on any atom is -0.368 e. The molecule has 0 aliphatic carbocycles. The molecule has 90 valence electrons. The molecular formula is C11H12BrN3O2. The van der Waals surface area contributed by atoms with Gasteiger partial charge in [-0.2, -0.15) is 0 Å². The standard InChI is InChI=1S/C11H12BrN3O2/c12-7-3-1-5-14-9(7)11(17)15-6-2-4-8(15)10(13)16/h1,3,5,8H,2,4,6H2,(H2,13,16). The average Bonchev–Trinajstić information content (AvgIpc) is 2.77. The summed E-state index contributed by atoms with van der Waals surface area (Å²) in [6.45, 7) is 0.551. The second-order valence-corrected chi connectivity index (χ2v) is 4.75. The van der Waals surface area contributed by atoms with Gasteiger partial charge in [0, 0.05) is 17.2 Å². The number of carbonyl (C=O) groups excluding carboxylic acids is 2. The van der Waals surface area contributed by atoms with Gasteiger partial charge in [-0.05, 0) is 40.9 Å². The van der Waals surface area contributed by atoms with E-state index in [0.717, 1.165) is 6.42 Å². The van der Waals surface area contributed by atoms with Crippen LogP contribution in [-0.2, 0) is 4.79 Å². The molecule has 0 radical (unpaired) electrons. The molecule has 0 spiro atoms. The Morgan fingerprint density at radius 1 is 1.53 bits per heavy atom. The highest BCUT2D eigenvalue weighted by atomic mass is 79.9. The number of carbonyl (C=O) groups is 2. The topological polar surface area (TPSA) is 76.3 Å². The molecular weight excluding hydrogens is 286 g/mol. The zero-order valence-corrected chi connectivity index (χ0v) is 10.7. The molecule has 1 aliphatic heterocycles. The summed E-state index contributed by atoms with van der Waals surface area (Å²) in [5, 5.41) is 0. The number of amides is 2. The van der Waals surface area contributed by atoms with E-state index in [4.69, 9.17) is 5.73 Å². The van der Waals surface area contributed by atoms with Gasteiger partial charge in [-0.3, -0.25) is 9.59 Å². The molecule has 2 rings (SSSR count). The molecule has 1 unspecified atom stereocenters. The van der Waals surface area contributed by atoms with Crippen LogP contribution < -0.4 is 5.73 Å². The minimum absolute atomic E-state index is 0.251. The maximum absolute atomic E-state index is 12.2. The van der Waals surface area contributed by atoms with Gasteiger partial charge in [0.25, 0.3) is 5.91 Å². The Kier molecular flexibility index (Phi) is 3.42. The van der Waals surface area contributed by atoms with Crippen LogP contribution in [0.1, 0.15) is 23.3 Å². The first kappa shape index (κ1) is 12.0. The Morgan fingerprint density at radius 3 is 2.94 bits per heavy atom. The number of halogens is 1. The van der Waals surface area contributed by atoms with Gasteiger partial charge in [-0.25, -0.2) is 4.98 Å². The lowest BCUT2D eigenvalue weighted by atomic mass is 10.2. The van der Waals surface area contributed by atoms with E-state index < -0.39 is 11.9 Å². The van der Waals surface area contributed by atoms with E-state index in [0.29, 0.717) is 23.1 Å². The van der Waals surface area contributed by atoms with E-state index in [-0.39, 0.29) is 5.91 Å². The van der Waals surface area contributed by atoms with E-state index in [9.17, 15) is 9.59 Å². The Labute approximate surface area is 107 Å². The molecule has 6 heteroatoms. The molecule has 1 aliphatic rings. The fourth-order valence-electron chi connectivity index (χ4n) is 1.98. The van der Waals surface area contributed by atoms with Gasteiger partial charge < -0.3 is 10.6 Å². The summed E-state index contributed by atoms with van der Waals surface area (Å²) in [6.07, 6.45) is 2.97. The Bertz CT molecular complexity index is 464. The van der Waals surface area contributed by atoms with Crippen LogP contribution in [0.4, 0.5) is 0 Å². The molecule has 0 saturated carbocycles. The third-order valence-electron chi connectivity index (χ3n) is 2.80. The number of hydrogen-bond donors (Lipinski definition) is 1. The zero-order valence-electron chi connectivity index (χ0n) is 9.10. The van der Waals surface area contributed by atoms with Gasteiger partial charge in [-0.1, -0.05) is 0 Å². The van der Waals surface area contributed by atoms with Gasteiger partial charge in [-0.15, -0.1) is 0 Å². The monoisotopic (exact) mass is 297 g/mol. The lowest BCUT2D eigenvalue weighted by Gasteiger charge is -2.21. The second kappa shape index (κ2) is 4.83. The van der Waals surface area contributed by atoms with Crippen molar-refractivity contribution >= 4 is 27.7 Å². The number of likely N-dealkylation sites (tertiary alicyclic amines) is 1. The predicted molar refractivity (Wildman–Crippen MR) is 65.2 cm³/mol. The smallest absolute Gasteiger partial charge is 0.274 e. The van der Waals surface area contributed by atoms with E-state index in [1.165, 1.54) is 4.90 Å². The van der Waals surface area contributed by atoms with Crippen molar-refractivity contribution in [2.75, 3.05) is 6.54 Å². The Morgan fingerprint density at radius 2 is 2.29 bits per heavy atom. The number of hydrogen-bond acceptors (Lipinski definition) is 3. The first-order valence-electron chi connectivity index (χ1n) is 5.32. The van der Waals surface area contributed by atoms with Crippen LogP contribution >= 0.6 is 15.9 Å². The van der Waals surface area contributed by atoms with Crippen molar-refractivity contribution in [2.24, 2.45) is 5.73 Å². The van der Waals surface area contributed by atoms with Gasteiger partial charge >= 0.3 is 0 Å². The first-order chi connectivity index (χ1) is 8.11. The van der Waals surface area contributed by atoms with Crippen molar-refractivity contribution in [1.29, 1.82) is 0 Å². The summed E-state index contributed by atoms with van der Waals surface area (Å²) >= 11 is 3.27. The molecule has 2 heterocycles. The van der Waals surface area contributed by atoms with Gasteiger partial charge in [0.15, 0.2) is 0 Å². The third kappa shape index (κ3) is 2.31. The van der Waals surface area contributed by atoms with Crippen LogP contribution in [0.15, 0.2) is 22.8 Å². The van der Waals surface area contributed by atoms with Crippen molar-refractivity contribution in [3.63, 3.8) is 0 Å². The molecule has 17 heavy (non-hydrogen) atoms. The molecule has 0 aromatic carbocycles. The molecule has 2 N–H and O–H groups in total. The maximum Gasteiger partial charge on any atom is 0.274 e. The number of nitrogens with zero attached hydrogens (tertiary/aromatic N) is 2. The fourth-order valence-corrected chi connectivity index (χ4v) is 2.41. The van der Waals surface area contributed by atoms with Crippen molar-refractivity contribution in [3.8, 4) is 0 Å². The largest absolute Gasteiger partial charge is 0.368 e. The van der Waals surface area contributed by atoms with E-state index in [2.05, 4.69) is 20.9 Å². The highest BCUT2D eigenvalue weighted by Gasteiger charge is 2.34. The number of pyridine rings is 1. The number of rotatable bonds is 2. The van der Waals surface area contributed by atoms with Crippen molar-refractivity contribution in [3.05, 3.63) is 28.5 Å². The lowest BCUT2D eigenvalue weighted by Crippen LogP contribution is -2.44. The van der Waals surface area contributed by atoms with Crippen LogP contribution in [0.3, 0.4) is 0 Å². The van der Waals surface area contributed by atoms with E-state index in [1.807, 2.05) is 0 Å². The van der Waals surface area contributed by atoms with Crippen LogP contribution in [0.25, 0.3) is 0 Å². The van der Waals surface area contributed by atoms with Gasteiger partial charge in [0.05, 0.1) is 0 Å². The number of aromatic nitrogens is 1. The predicted octanol–water partition coefficient (Wildman–Crippen LogP) is 0.934. The summed E-state index contributed by atoms with van der Waals surface area (Å²) < 4.78 is 0.625. The Balaban J connectivity index is 2.26. The normalized spacial score (nSPS) is 19.4.